The third kappa shape index (κ3) is 2.47. The highest BCUT2D eigenvalue weighted by molar-refractivity contribution is 6.33. The fraction of sp³-hybridized carbons (Fsp3) is 0.167. The SMILES string of the molecule is CCOC(=O)c1ncc(-c2ccccc2Cl)o1. The molecule has 0 bridgehead atoms. The molecule has 0 aliphatic heterocycles. The smallest absolute Gasteiger partial charge is 0.394 e. The topological polar surface area (TPSA) is 52.3 Å². The molecule has 0 aliphatic carbocycles. The van der Waals surface area contributed by atoms with Gasteiger partial charge in [0.2, 0.25) is 0 Å². The average molecular weight is 252 g/mol. The number of carbonyl (C=O) groups excluding carboxylic acids is 1. The summed E-state index contributed by atoms with van der Waals surface area (Å²) in [6.45, 7) is 2.00. The van der Waals surface area contributed by atoms with Gasteiger partial charge >= 0.3 is 11.9 Å². The molecule has 0 amide bonds. The monoisotopic (exact) mass is 251 g/mol. The zero-order chi connectivity index (χ0) is 12.3. The quantitative estimate of drug-likeness (QED) is 0.787. The second kappa shape index (κ2) is 5.01. The lowest BCUT2D eigenvalue weighted by Crippen LogP contribution is -2.04. The van der Waals surface area contributed by atoms with Crippen molar-refractivity contribution in [2.24, 2.45) is 0 Å². The van der Waals surface area contributed by atoms with Crippen LogP contribution in [0, 0.1) is 0 Å². The molecular weight excluding hydrogens is 242 g/mol. The van der Waals surface area contributed by atoms with E-state index in [-0.39, 0.29) is 12.5 Å². The summed E-state index contributed by atoms with van der Waals surface area (Å²) >= 11 is 6.00. The molecule has 0 radical (unpaired) electrons. The molecule has 17 heavy (non-hydrogen) atoms. The molecule has 5 heteroatoms. The van der Waals surface area contributed by atoms with Gasteiger partial charge in [0.15, 0.2) is 5.76 Å². The Labute approximate surface area is 103 Å². The number of halogens is 1. The van der Waals surface area contributed by atoms with Crippen molar-refractivity contribution in [3.63, 3.8) is 0 Å². The molecule has 1 aromatic carbocycles. The molecule has 2 aromatic rings. The lowest BCUT2D eigenvalue weighted by molar-refractivity contribution is 0.0482. The summed E-state index contributed by atoms with van der Waals surface area (Å²) in [7, 11) is 0. The van der Waals surface area contributed by atoms with Crippen LogP contribution in [-0.4, -0.2) is 17.6 Å². The van der Waals surface area contributed by atoms with Crippen LogP contribution >= 0.6 is 11.6 Å². The van der Waals surface area contributed by atoms with Gasteiger partial charge in [-0.25, -0.2) is 9.78 Å². The van der Waals surface area contributed by atoms with Gasteiger partial charge in [0.05, 0.1) is 17.8 Å². The molecule has 0 saturated heterocycles. The number of oxazole rings is 1. The van der Waals surface area contributed by atoms with Gasteiger partial charge in [0.1, 0.15) is 0 Å². The Morgan fingerprint density at radius 1 is 1.47 bits per heavy atom. The van der Waals surface area contributed by atoms with E-state index >= 15 is 0 Å². The predicted molar refractivity (Wildman–Crippen MR) is 62.9 cm³/mol. The van der Waals surface area contributed by atoms with Gasteiger partial charge in [-0.1, -0.05) is 23.7 Å². The first kappa shape index (κ1) is 11.7. The number of hydrogen-bond donors (Lipinski definition) is 0. The summed E-state index contributed by atoms with van der Waals surface area (Å²) in [5, 5.41) is 0.541. The number of rotatable bonds is 3. The number of nitrogens with zero attached hydrogens (tertiary/aromatic N) is 1. The third-order valence-corrected chi connectivity index (χ3v) is 2.42. The van der Waals surface area contributed by atoms with E-state index in [1.807, 2.05) is 12.1 Å². The van der Waals surface area contributed by atoms with E-state index in [9.17, 15) is 4.79 Å². The second-order valence-electron chi connectivity index (χ2n) is 3.23. The number of hydrogen-bond acceptors (Lipinski definition) is 4. The molecule has 0 N–H and O–H groups in total. The standard InChI is InChI=1S/C12H10ClNO3/c1-2-16-12(15)11-14-7-10(17-11)8-5-3-4-6-9(8)13/h3-7H,2H2,1H3. The maximum atomic E-state index is 11.4. The molecule has 4 nitrogen and oxygen atoms in total. The summed E-state index contributed by atoms with van der Waals surface area (Å²) in [6.07, 6.45) is 1.45. The van der Waals surface area contributed by atoms with Gasteiger partial charge in [-0.05, 0) is 19.1 Å². The van der Waals surface area contributed by atoms with Crippen molar-refractivity contribution >= 4 is 17.6 Å². The first-order valence-corrected chi connectivity index (χ1v) is 5.48. The van der Waals surface area contributed by atoms with Gasteiger partial charge < -0.3 is 9.15 Å². The summed E-state index contributed by atoms with van der Waals surface area (Å²) < 4.78 is 10.1. The van der Waals surface area contributed by atoms with E-state index in [2.05, 4.69) is 4.98 Å². The third-order valence-electron chi connectivity index (χ3n) is 2.10. The number of esters is 1. The zero-order valence-electron chi connectivity index (χ0n) is 9.14. The number of ether oxygens (including phenoxy) is 1. The minimum absolute atomic E-state index is 0.0678. The molecule has 0 aliphatic rings. The Balaban J connectivity index is 2.30. The number of carbonyl (C=O) groups is 1. The second-order valence-corrected chi connectivity index (χ2v) is 3.64. The predicted octanol–water partition coefficient (Wildman–Crippen LogP) is 3.17. The lowest BCUT2D eigenvalue weighted by Gasteiger charge is -1.98. The van der Waals surface area contributed by atoms with Crippen LogP contribution in [0.3, 0.4) is 0 Å². The van der Waals surface area contributed by atoms with E-state index in [1.54, 1.807) is 19.1 Å². The average Bonchev–Trinajstić information content (AvgIpc) is 2.79. The minimum atomic E-state index is -0.578. The highest BCUT2D eigenvalue weighted by Gasteiger charge is 2.16. The van der Waals surface area contributed by atoms with Gasteiger partial charge in [-0.3, -0.25) is 0 Å². The van der Waals surface area contributed by atoms with Crippen LogP contribution < -0.4 is 0 Å². The molecule has 0 saturated carbocycles. The normalized spacial score (nSPS) is 10.2. The Morgan fingerprint density at radius 2 is 2.24 bits per heavy atom. The molecule has 0 unspecified atom stereocenters. The minimum Gasteiger partial charge on any atom is -0.459 e. The number of benzene rings is 1. The van der Waals surface area contributed by atoms with Gasteiger partial charge in [-0.2, -0.15) is 0 Å². The summed E-state index contributed by atoms with van der Waals surface area (Å²) in [5.74, 6) is -0.203. The van der Waals surface area contributed by atoms with Crippen molar-refractivity contribution in [3.05, 3.63) is 41.4 Å². The number of aromatic nitrogens is 1. The fourth-order valence-electron chi connectivity index (χ4n) is 1.35. The van der Waals surface area contributed by atoms with Crippen molar-refractivity contribution in [2.75, 3.05) is 6.61 Å². The zero-order valence-corrected chi connectivity index (χ0v) is 9.90. The van der Waals surface area contributed by atoms with Crippen molar-refractivity contribution in [3.8, 4) is 11.3 Å². The van der Waals surface area contributed by atoms with Crippen LogP contribution in [-0.2, 0) is 4.74 Å². The maximum Gasteiger partial charge on any atom is 0.394 e. The molecule has 0 fully saturated rings. The maximum absolute atomic E-state index is 11.4. The van der Waals surface area contributed by atoms with Crippen LogP contribution in [0.1, 0.15) is 17.6 Å². The van der Waals surface area contributed by atoms with Crippen LogP contribution in [0.15, 0.2) is 34.9 Å². The van der Waals surface area contributed by atoms with Gasteiger partial charge in [0, 0.05) is 5.56 Å². The van der Waals surface area contributed by atoms with Crippen LogP contribution in [0.4, 0.5) is 0 Å². The molecule has 2 rings (SSSR count). The highest BCUT2D eigenvalue weighted by atomic mass is 35.5. The van der Waals surface area contributed by atoms with Crippen LogP contribution in [0.25, 0.3) is 11.3 Å². The molecule has 0 atom stereocenters. The van der Waals surface area contributed by atoms with Crippen LogP contribution in [0.5, 0.6) is 0 Å². The van der Waals surface area contributed by atoms with Crippen molar-refractivity contribution in [2.45, 2.75) is 6.92 Å². The van der Waals surface area contributed by atoms with E-state index in [4.69, 9.17) is 20.8 Å². The first-order valence-electron chi connectivity index (χ1n) is 5.10. The van der Waals surface area contributed by atoms with E-state index in [0.29, 0.717) is 16.3 Å². The van der Waals surface area contributed by atoms with E-state index in [0.717, 1.165) is 0 Å². The molecule has 1 aromatic heterocycles. The summed E-state index contributed by atoms with van der Waals surface area (Å²) in [6, 6.07) is 7.17. The van der Waals surface area contributed by atoms with Gasteiger partial charge in [-0.15, -0.1) is 0 Å². The Bertz CT molecular complexity index is 536. The Hall–Kier alpha value is -1.81. The lowest BCUT2D eigenvalue weighted by atomic mass is 10.2. The molecule has 0 spiro atoms. The first-order chi connectivity index (χ1) is 8.22. The van der Waals surface area contributed by atoms with Crippen molar-refractivity contribution in [1.82, 2.24) is 4.98 Å². The fourth-order valence-corrected chi connectivity index (χ4v) is 1.58. The Kier molecular flexibility index (Phi) is 3.44. The largest absolute Gasteiger partial charge is 0.459 e. The summed E-state index contributed by atoms with van der Waals surface area (Å²) in [5.41, 5.74) is 0.692. The molecular formula is C12H10ClNO3. The van der Waals surface area contributed by atoms with Crippen molar-refractivity contribution in [1.29, 1.82) is 0 Å². The molecule has 88 valence electrons. The Morgan fingerprint density at radius 3 is 2.94 bits per heavy atom. The molecule has 1 heterocycles. The van der Waals surface area contributed by atoms with Crippen molar-refractivity contribution < 1.29 is 13.9 Å². The van der Waals surface area contributed by atoms with E-state index < -0.39 is 5.97 Å². The van der Waals surface area contributed by atoms with Gasteiger partial charge in [0.25, 0.3) is 0 Å². The van der Waals surface area contributed by atoms with Crippen LogP contribution in [0.2, 0.25) is 5.02 Å². The summed E-state index contributed by atoms with van der Waals surface area (Å²) in [4.78, 5) is 15.2. The van der Waals surface area contributed by atoms with E-state index in [1.165, 1.54) is 6.20 Å². The highest BCUT2D eigenvalue weighted by Crippen LogP contribution is 2.27.